The molecule has 0 radical (unpaired) electrons. The average Bonchev–Trinajstić information content (AvgIpc) is 2.97. The third-order valence-corrected chi connectivity index (χ3v) is 5.01. The molecule has 1 aromatic rings. The largest absolute Gasteiger partial charge is 0.379 e. The van der Waals surface area contributed by atoms with Gasteiger partial charge in [0.05, 0.1) is 25.0 Å². The molecule has 114 valence electrons. The van der Waals surface area contributed by atoms with Gasteiger partial charge in [-0.3, -0.25) is 9.89 Å². The Morgan fingerprint density at radius 3 is 2.86 bits per heavy atom. The Morgan fingerprint density at radius 1 is 1.33 bits per heavy atom. The van der Waals surface area contributed by atoms with Gasteiger partial charge in [-0.15, -0.1) is 0 Å². The van der Waals surface area contributed by atoms with Gasteiger partial charge in [0.15, 0.2) is 5.17 Å². The minimum atomic E-state index is 0.420. The van der Waals surface area contributed by atoms with Crippen LogP contribution in [0.5, 0.6) is 0 Å². The zero-order valence-electron chi connectivity index (χ0n) is 12.5. The van der Waals surface area contributed by atoms with E-state index in [4.69, 9.17) is 4.74 Å². The van der Waals surface area contributed by atoms with E-state index < -0.39 is 0 Å². The summed E-state index contributed by atoms with van der Waals surface area (Å²) in [4.78, 5) is 7.11. The molecule has 3 rings (SSSR count). The van der Waals surface area contributed by atoms with Crippen LogP contribution in [0.25, 0.3) is 0 Å². The number of hydrogen-bond donors (Lipinski definition) is 1. The molecule has 0 amide bonds. The maximum absolute atomic E-state index is 5.39. The van der Waals surface area contributed by atoms with Gasteiger partial charge in [0.1, 0.15) is 0 Å². The molecule has 2 aliphatic heterocycles. The predicted molar refractivity (Wildman–Crippen MR) is 88.9 cm³/mol. The van der Waals surface area contributed by atoms with E-state index in [0.717, 1.165) is 44.6 Å². The molecule has 1 fully saturated rings. The summed E-state index contributed by atoms with van der Waals surface area (Å²) in [6.07, 6.45) is 0. The van der Waals surface area contributed by atoms with E-state index in [2.05, 4.69) is 52.5 Å². The molecule has 0 spiro atoms. The number of ether oxygens (including phenoxy) is 1. The number of morpholine rings is 1. The van der Waals surface area contributed by atoms with E-state index in [9.17, 15) is 0 Å². The summed E-state index contributed by atoms with van der Waals surface area (Å²) in [5.74, 6) is 0. The Kier molecular flexibility index (Phi) is 5.17. The number of hydrogen-bond acceptors (Lipinski definition) is 5. The summed E-state index contributed by atoms with van der Waals surface area (Å²) in [7, 11) is 0. The fourth-order valence-corrected chi connectivity index (χ4v) is 3.85. The molecule has 1 N–H and O–H groups in total. The highest BCUT2D eigenvalue weighted by molar-refractivity contribution is 8.14. The zero-order valence-corrected chi connectivity index (χ0v) is 13.3. The van der Waals surface area contributed by atoms with Gasteiger partial charge in [-0.1, -0.05) is 42.1 Å². The minimum absolute atomic E-state index is 0.420. The summed E-state index contributed by atoms with van der Waals surface area (Å²) >= 11 is 1.85. The maximum atomic E-state index is 5.39. The van der Waals surface area contributed by atoms with Crippen LogP contribution in [0.15, 0.2) is 35.3 Å². The quantitative estimate of drug-likeness (QED) is 0.925. The van der Waals surface area contributed by atoms with E-state index in [0.29, 0.717) is 11.3 Å². The second-order valence-electron chi connectivity index (χ2n) is 5.62. The van der Waals surface area contributed by atoms with Crippen LogP contribution >= 0.6 is 11.8 Å². The molecule has 4 nitrogen and oxygen atoms in total. The van der Waals surface area contributed by atoms with Crippen molar-refractivity contribution in [2.24, 2.45) is 4.99 Å². The monoisotopic (exact) mass is 305 g/mol. The second kappa shape index (κ2) is 7.29. The average molecular weight is 305 g/mol. The van der Waals surface area contributed by atoms with Crippen molar-refractivity contribution in [3.05, 3.63) is 35.9 Å². The van der Waals surface area contributed by atoms with Crippen molar-refractivity contribution in [2.75, 3.05) is 39.4 Å². The fraction of sp³-hybridized carbons (Fsp3) is 0.562. The van der Waals surface area contributed by atoms with Crippen LogP contribution in [0.3, 0.4) is 0 Å². The number of nitrogens with zero attached hydrogens (tertiary/aromatic N) is 2. The second-order valence-corrected chi connectivity index (χ2v) is 6.81. The van der Waals surface area contributed by atoms with E-state index >= 15 is 0 Å². The van der Waals surface area contributed by atoms with Gasteiger partial charge in [0.25, 0.3) is 0 Å². The molecule has 2 aliphatic rings. The summed E-state index contributed by atoms with van der Waals surface area (Å²) in [6, 6.07) is 11.1. The van der Waals surface area contributed by atoms with Crippen molar-refractivity contribution in [3.8, 4) is 0 Å². The summed E-state index contributed by atoms with van der Waals surface area (Å²) in [6.45, 7) is 7.96. The third kappa shape index (κ3) is 4.22. The normalized spacial score (nSPS) is 24.6. The number of benzene rings is 1. The number of thioether (sulfide) groups is 1. The molecule has 1 saturated heterocycles. The van der Waals surface area contributed by atoms with Gasteiger partial charge in [-0.25, -0.2) is 0 Å². The zero-order chi connectivity index (χ0) is 14.5. The topological polar surface area (TPSA) is 36.9 Å². The van der Waals surface area contributed by atoms with Gasteiger partial charge in [-0.2, -0.15) is 0 Å². The lowest BCUT2D eigenvalue weighted by molar-refractivity contribution is 0.0353. The third-order valence-electron chi connectivity index (χ3n) is 3.83. The molecule has 21 heavy (non-hydrogen) atoms. The first kappa shape index (κ1) is 14.9. The van der Waals surface area contributed by atoms with Crippen molar-refractivity contribution in [1.82, 2.24) is 10.2 Å². The Morgan fingerprint density at radius 2 is 2.10 bits per heavy atom. The summed E-state index contributed by atoms with van der Waals surface area (Å²) < 4.78 is 5.39. The lowest BCUT2D eigenvalue weighted by Crippen LogP contribution is -2.45. The first-order chi connectivity index (χ1) is 10.3. The van der Waals surface area contributed by atoms with Crippen LogP contribution < -0.4 is 5.32 Å². The number of amidine groups is 1. The van der Waals surface area contributed by atoms with E-state index in [-0.39, 0.29) is 0 Å². The molecule has 0 aliphatic carbocycles. The predicted octanol–water partition coefficient (Wildman–Crippen LogP) is 2.14. The Bertz CT molecular complexity index is 474. The molecule has 0 saturated carbocycles. The Hall–Kier alpha value is -1.04. The molecular formula is C16H23N3OS. The van der Waals surface area contributed by atoms with Crippen LogP contribution in [0.1, 0.15) is 17.7 Å². The van der Waals surface area contributed by atoms with Crippen LogP contribution in [-0.4, -0.2) is 55.5 Å². The van der Waals surface area contributed by atoms with Crippen molar-refractivity contribution in [3.63, 3.8) is 0 Å². The van der Waals surface area contributed by atoms with E-state index in [1.165, 1.54) is 5.56 Å². The van der Waals surface area contributed by atoms with Gasteiger partial charge >= 0.3 is 0 Å². The summed E-state index contributed by atoms with van der Waals surface area (Å²) in [5, 5.41) is 5.11. The minimum Gasteiger partial charge on any atom is -0.379 e. The van der Waals surface area contributed by atoms with E-state index in [1.807, 2.05) is 11.8 Å². The standard InChI is InChI=1S/C16H23N3OS/c1-13(12-19-7-9-20-10-8-19)18-16-17-11-15(21-16)14-5-3-2-4-6-14/h2-6,13,15H,7-12H2,1H3,(H,17,18). The van der Waals surface area contributed by atoms with Crippen molar-refractivity contribution in [1.29, 1.82) is 0 Å². The Balaban J connectivity index is 1.45. The number of aliphatic imine (C=N–C) groups is 1. The highest BCUT2D eigenvalue weighted by Gasteiger charge is 2.22. The Labute approximate surface area is 131 Å². The molecule has 1 aromatic carbocycles. The van der Waals surface area contributed by atoms with Gasteiger partial charge < -0.3 is 10.1 Å². The number of rotatable bonds is 4. The highest BCUT2D eigenvalue weighted by atomic mass is 32.2. The SMILES string of the molecule is CC(CN1CCOCC1)NC1=NCC(c2ccccc2)S1. The van der Waals surface area contributed by atoms with Crippen LogP contribution in [0, 0.1) is 0 Å². The molecule has 5 heteroatoms. The molecular weight excluding hydrogens is 282 g/mol. The van der Waals surface area contributed by atoms with Crippen molar-refractivity contribution in [2.45, 2.75) is 18.2 Å². The highest BCUT2D eigenvalue weighted by Crippen LogP contribution is 2.34. The van der Waals surface area contributed by atoms with E-state index in [1.54, 1.807) is 0 Å². The lowest BCUT2D eigenvalue weighted by atomic mass is 10.1. The lowest BCUT2D eigenvalue weighted by Gasteiger charge is -2.29. The maximum Gasteiger partial charge on any atom is 0.157 e. The number of nitrogens with one attached hydrogen (secondary N) is 1. The molecule has 0 bridgehead atoms. The van der Waals surface area contributed by atoms with Gasteiger partial charge in [-0.05, 0) is 12.5 Å². The van der Waals surface area contributed by atoms with Crippen molar-refractivity contribution >= 4 is 16.9 Å². The molecule has 0 aromatic heterocycles. The van der Waals surface area contributed by atoms with Crippen LogP contribution in [0.2, 0.25) is 0 Å². The molecule has 2 unspecified atom stereocenters. The first-order valence-corrected chi connectivity index (χ1v) is 8.52. The fourth-order valence-electron chi connectivity index (χ4n) is 2.72. The summed E-state index contributed by atoms with van der Waals surface area (Å²) in [5.41, 5.74) is 1.36. The van der Waals surface area contributed by atoms with Crippen LogP contribution in [0.4, 0.5) is 0 Å². The van der Waals surface area contributed by atoms with Gasteiger partial charge in [0, 0.05) is 25.7 Å². The van der Waals surface area contributed by atoms with Crippen molar-refractivity contribution < 1.29 is 4.74 Å². The van der Waals surface area contributed by atoms with Gasteiger partial charge in [0.2, 0.25) is 0 Å². The first-order valence-electron chi connectivity index (χ1n) is 7.64. The molecule has 2 heterocycles. The smallest absolute Gasteiger partial charge is 0.157 e. The van der Waals surface area contributed by atoms with Crippen LogP contribution in [-0.2, 0) is 4.74 Å². The molecule has 2 atom stereocenters.